The molecular formula is C30H20BNO3S. The molecule has 0 amide bonds. The van der Waals surface area contributed by atoms with E-state index in [-0.39, 0.29) is 0 Å². The SMILES string of the molecule is OB(O)c1cccc(N(c2cccc3c2sc2ccccc23)c2cccc3oc4ccccc4c23)c1. The molecule has 7 aromatic rings. The van der Waals surface area contributed by atoms with E-state index in [9.17, 15) is 10.0 Å². The lowest BCUT2D eigenvalue weighted by molar-refractivity contribution is 0.426. The summed E-state index contributed by atoms with van der Waals surface area (Å²) in [5, 5.41) is 24.4. The first-order chi connectivity index (χ1) is 17.7. The lowest BCUT2D eigenvalue weighted by Crippen LogP contribution is -2.30. The lowest BCUT2D eigenvalue weighted by Gasteiger charge is -2.27. The Balaban J connectivity index is 1.59. The van der Waals surface area contributed by atoms with Crippen LogP contribution in [0.25, 0.3) is 42.1 Å². The van der Waals surface area contributed by atoms with Gasteiger partial charge in [0.15, 0.2) is 0 Å². The number of thiophene rings is 1. The maximum atomic E-state index is 9.94. The zero-order valence-corrected chi connectivity index (χ0v) is 19.9. The minimum Gasteiger partial charge on any atom is -0.456 e. The molecule has 7 rings (SSSR count). The first-order valence-electron chi connectivity index (χ1n) is 11.8. The van der Waals surface area contributed by atoms with Gasteiger partial charge in [0.2, 0.25) is 0 Å². The highest BCUT2D eigenvalue weighted by molar-refractivity contribution is 7.26. The highest BCUT2D eigenvalue weighted by atomic mass is 32.1. The quantitative estimate of drug-likeness (QED) is 0.261. The molecule has 6 heteroatoms. The molecule has 2 aromatic heterocycles. The van der Waals surface area contributed by atoms with E-state index in [1.165, 1.54) is 20.2 Å². The first-order valence-corrected chi connectivity index (χ1v) is 12.6. The van der Waals surface area contributed by atoms with Crippen LogP contribution in [-0.2, 0) is 0 Å². The number of anilines is 3. The van der Waals surface area contributed by atoms with E-state index in [0.717, 1.165) is 39.0 Å². The summed E-state index contributed by atoms with van der Waals surface area (Å²) in [5.41, 5.74) is 4.90. The third kappa shape index (κ3) is 3.23. The van der Waals surface area contributed by atoms with Crippen LogP contribution in [-0.4, -0.2) is 17.2 Å². The predicted octanol–water partition coefficient (Wildman–Crippen LogP) is 7.10. The van der Waals surface area contributed by atoms with Gasteiger partial charge in [-0.05, 0) is 47.9 Å². The van der Waals surface area contributed by atoms with E-state index in [2.05, 4.69) is 59.5 Å². The minimum absolute atomic E-state index is 0.435. The maximum absolute atomic E-state index is 9.94. The van der Waals surface area contributed by atoms with Crippen LogP contribution in [0.5, 0.6) is 0 Å². The number of hydrogen-bond donors (Lipinski definition) is 2. The Kier molecular flexibility index (Phi) is 4.86. The van der Waals surface area contributed by atoms with Gasteiger partial charge in [-0.25, -0.2) is 0 Å². The molecule has 0 aliphatic carbocycles. The van der Waals surface area contributed by atoms with Crippen LogP contribution in [0.3, 0.4) is 0 Å². The van der Waals surface area contributed by atoms with Crippen LogP contribution in [0.4, 0.5) is 17.1 Å². The number of fused-ring (bicyclic) bond motifs is 6. The molecule has 0 spiro atoms. The van der Waals surface area contributed by atoms with Crippen molar-refractivity contribution in [2.45, 2.75) is 0 Å². The molecule has 36 heavy (non-hydrogen) atoms. The van der Waals surface area contributed by atoms with E-state index in [1.54, 1.807) is 17.4 Å². The van der Waals surface area contributed by atoms with Gasteiger partial charge in [0, 0.05) is 26.5 Å². The van der Waals surface area contributed by atoms with Crippen molar-refractivity contribution in [2.75, 3.05) is 4.90 Å². The summed E-state index contributed by atoms with van der Waals surface area (Å²) < 4.78 is 8.60. The molecule has 2 N–H and O–H groups in total. The summed E-state index contributed by atoms with van der Waals surface area (Å²) in [6.07, 6.45) is 0. The van der Waals surface area contributed by atoms with Crippen molar-refractivity contribution in [3.8, 4) is 0 Å². The summed E-state index contributed by atoms with van der Waals surface area (Å²) in [6.45, 7) is 0. The van der Waals surface area contributed by atoms with E-state index < -0.39 is 7.12 Å². The smallest absolute Gasteiger partial charge is 0.456 e. The molecular weight excluding hydrogens is 465 g/mol. The van der Waals surface area contributed by atoms with Gasteiger partial charge in [0.1, 0.15) is 11.2 Å². The fourth-order valence-corrected chi connectivity index (χ4v) is 6.29. The van der Waals surface area contributed by atoms with Crippen molar-refractivity contribution in [1.29, 1.82) is 0 Å². The van der Waals surface area contributed by atoms with Crippen molar-refractivity contribution < 1.29 is 14.5 Å². The zero-order chi connectivity index (χ0) is 24.2. The summed E-state index contributed by atoms with van der Waals surface area (Å²) in [4.78, 5) is 2.20. The van der Waals surface area contributed by atoms with Gasteiger partial charge in [0.25, 0.3) is 0 Å². The van der Waals surface area contributed by atoms with Crippen molar-refractivity contribution in [1.82, 2.24) is 0 Å². The fraction of sp³-hybridized carbons (Fsp3) is 0. The van der Waals surface area contributed by atoms with Gasteiger partial charge in [0.05, 0.1) is 21.5 Å². The lowest BCUT2D eigenvalue weighted by atomic mass is 9.80. The number of hydrogen-bond acceptors (Lipinski definition) is 5. The molecule has 0 bridgehead atoms. The van der Waals surface area contributed by atoms with Crippen molar-refractivity contribution >= 4 is 83.1 Å². The highest BCUT2D eigenvalue weighted by Crippen LogP contribution is 2.47. The molecule has 4 nitrogen and oxygen atoms in total. The van der Waals surface area contributed by atoms with Crippen LogP contribution in [0.2, 0.25) is 0 Å². The van der Waals surface area contributed by atoms with E-state index in [1.807, 2.05) is 48.5 Å². The Labute approximate surface area is 211 Å². The van der Waals surface area contributed by atoms with Gasteiger partial charge in [-0.3, -0.25) is 0 Å². The van der Waals surface area contributed by atoms with Crippen LogP contribution in [0.1, 0.15) is 0 Å². The van der Waals surface area contributed by atoms with Crippen LogP contribution >= 0.6 is 11.3 Å². The van der Waals surface area contributed by atoms with E-state index in [4.69, 9.17) is 4.42 Å². The number of rotatable bonds is 4. The van der Waals surface area contributed by atoms with Gasteiger partial charge >= 0.3 is 7.12 Å². The summed E-state index contributed by atoms with van der Waals surface area (Å²) in [5.74, 6) is 0. The molecule has 172 valence electrons. The van der Waals surface area contributed by atoms with Gasteiger partial charge in [-0.1, -0.05) is 66.7 Å². The largest absolute Gasteiger partial charge is 0.488 e. The van der Waals surface area contributed by atoms with Gasteiger partial charge in [-0.2, -0.15) is 0 Å². The predicted molar refractivity (Wildman–Crippen MR) is 151 cm³/mol. The number of benzene rings is 5. The second-order valence-electron chi connectivity index (χ2n) is 8.80. The first kappa shape index (κ1) is 21.2. The van der Waals surface area contributed by atoms with Crippen LogP contribution in [0.15, 0.2) is 114 Å². The fourth-order valence-electron chi connectivity index (χ4n) is 5.08. The topological polar surface area (TPSA) is 56.8 Å². The Hall–Kier alpha value is -4.10. The second kappa shape index (κ2) is 8.24. The number of nitrogens with zero attached hydrogens (tertiary/aromatic N) is 1. The van der Waals surface area contributed by atoms with Crippen molar-refractivity contribution in [3.05, 3.63) is 109 Å². The average molecular weight is 485 g/mol. The molecule has 0 fully saturated rings. The molecule has 0 aliphatic heterocycles. The molecule has 0 radical (unpaired) electrons. The Morgan fingerprint density at radius 2 is 1.33 bits per heavy atom. The molecule has 0 unspecified atom stereocenters. The minimum atomic E-state index is -1.56. The van der Waals surface area contributed by atoms with Crippen LogP contribution in [0, 0.1) is 0 Å². The highest BCUT2D eigenvalue weighted by Gasteiger charge is 2.23. The maximum Gasteiger partial charge on any atom is 0.488 e. The molecule has 0 saturated heterocycles. The van der Waals surface area contributed by atoms with E-state index in [0.29, 0.717) is 5.46 Å². The van der Waals surface area contributed by atoms with Crippen LogP contribution < -0.4 is 10.4 Å². The normalized spacial score (nSPS) is 11.6. The average Bonchev–Trinajstić information content (AvgIpc) is 3.48. The molecule has 0 aliphatic rings. The molecule has 0 atom stereocenters. The van der Waals surface area contributed by atoms with Crippen molar-refractivity contribution in [2.24, 2.45) is 0 Å². The number of furan rings is 1. The van der Waals surface area contributed by atoms with Gasteiger partial charge < -0.3 is 19.4 Å². The Morgan fingerprint density at radius 3 is 2.22 bits per heavy atom. The second-order valence-corrected chi connectivity index (χ2v) is 9.86. The standard InChI is InChI=1S/C30H20BNO3S/c33-31(34)19-8-5-9-20(18-19)32(24-13-7-16-27-29(24)23-11-1-3-15-26(23)35-27)25-14-6-12-22-21-10-2-4-17-28(21)36-30(22)25/h1-18,33-34H. The summed E-state index contributed by atoms with van der Waals surface area (Å²) in [7, 11) is -1.56. The molecule has 5 aromatic carbocycles. The zero-order valence-electron chi connectivity index (χ0n) is 19.1. The van der Waals surface area contributed by atoms with E-state index >= 15 is 0 Å². The van der Waals surface area contributed by atoms with Crippen molar-refractivity contribution in [3.63, 3.8) is 0 Å². The summed E-state index contributed by atoms with van der Waals surface area (Å²) in [6, 6.07) is 36.4. The monoisotopic (exact) mass is 485 g/mol. The number of para-hydroxylation sites is 1. The third-order valence-corrected chi connectivity index (χ3v) is 7.88. The third-order valence-electron chi connectivity index (χ3n) is 6.67. The molecule has 0 saturated carbocycles. The Morgan fingerprint density at radius 1 is 0.639 bits per heavy atom. The Bertz CT molecular complexity index is 1910. The van der Waals surface area contributed by atoms with Gasteiger partial charge in [-0.15, -0.1) is 11.3 Å². The summed E-state index contributed by atoms with van der Waals surface area (Å²) >= 11 is 1.76. The molecule has 2 heterocycles.